The van der Waals surface area contributed by atoms with Crippen LogP contribution in [0.15, 0.2) is 36.0 Å². The Bertz CT molecular complexity index is 191. The van der Waals surface area contributed by atoms with Crippen LogP contribution >= 0.6 is 0 Å². The Morgan fingerprint density at radius 2 is 1.60 bits per heavy atom. The van der Waals surface area contributed by atoms with Gasteiger partial charge in [-0.1, -0.05) is 24.3 Å². The van der Waals surface area contributed by atoms with Crippen LogP contribution in [-0.4, -0.2) is 6.18 Å². The van der Waals surface area contributed by atoms with Gasteiger partial charge in [0.15, 0.2) is 0 Å². The van der Waals surface area contributed by atoms with Gasteiger partial charge in [-0.3, -0.25) is 0 Å². The van der Waals surface area contributed by atoms with Gasteiger partial charge in [-0.15, -0.1) is 0 Å². The average molecular weight is 146 g/mol. The van der Waals surface area contributed by atoms with Gasteiger partial charge < -0.3 is 0 Å². The van der Waals surface area contributed by atoms with E-state index in [1.165, 1.54) is 12.2 Å². The van der Waals surface area contributed by atoms with Crippen LogP contribution < -0.4 is 0 Å². The standard InChI is InChI=1S/C7H5F3/c8-7(9,10)5-6-3-1-2-4-6/h1-5H. The van der Waals surface area contributed by atoms with Crippen molar-refractivity contribution in [1.82, 2.24) is 0 Å². The number of alkyl halides is 3. The molecule has 0 aromatic rings. The third kappa shape index (κ3) is 2.09. The molecule has 0 nitrogen and oxygen atoms in total. The van der Waals surface area contributed by atoms with Gasteiger partial charge in [0.1, 0.15) is 0 Å². The fourth-order valence-electron chi connectivity index (χ4n) is 0.674. The van der Waals surface area contributed by atoms with E-state index < -0.39 is 6.18 Å². The van der Waals surface area contributed by atoms with Crippen LogP contribution in [0.3, 0.4) is 0 Å². The lowest BCUT2D eigenvalue weighted by Gasteiger charge is -1.97. The number of hydrogen-bond acceptors (Lipinski definition) is 0. The molecule has 0 bridgehead atoms. The summed E-state index contributed by atoms with van der Waals surface area (Å²) in [5.41, 5.74) is 0.201. The second kappa shape index (κ2) is 2.33. The van der Waals surface area contributed by atoms with Gasteiger partial charge >= 0.3 is 6.18 Å². The maximum Gasteiger partial charge on any atom is 0.410 e. The Hall–Kier alpha value is -0.990. The molecule has 0 spiro atoms. The van der Waals surface area contributed by atoms with Gasteiger partial charge in [-0.2, -0.15) is 13.2 Å². The van der Waals surface area contributed by atoms with Crippen LogP contribution in [0.2, 0.25) is 0 Å². The van der Waals surface area contributed by atoms with Crippen LogP contribution in [0.25, 0.3) is 0 Å². The number of rotatable bonds is 0. The molecule has 0 aliphatic heterocycles. The Labute approximate surface area is 56.4 Å². The summed E-state index contributed by atoms with van der Waals surface area (Å²) in [6, 6.07) is 0. The molecule has 10 heavy (non-hydrogen) atoms. The molecule has 54 valence electrons. The van der Waals surface area contributed by atoms with Crippen molar-refractivity contribution in [3.8, 4) is 0 Å². The van der Waals surface area contributed by atoms with E-state index in [4.69, 9.17) is 0 Å². The van der Waals surface area contributed by atoms with Gasteiger partial charge in [-0.25, -0.2) is 0 Å². The second-order valence-electron chi connectivity index (χ2n) is 1.90. The first-order chi connectivity index (χ1) is 4.58. The van der Waals surface area contributed by atoms with Crippen LogP contribution in [-0.2, 0) is 0 Å². The molecule has 0 amide bonds. The molecule has 0 atom stereocenters. The van der Waals surface area contributed by atoms with Crippen molar-refractivity contribution in [3.05, 3.63) is 36.0 Å². The van der Waals surface area contributed by atoms with Crippen molar-refractivity contribution in [1.29, 1.82) is 0 Å². The fourth-order valence-corrected chi connectivity index (χ4v) is 0.674. The Morgan fingerprint density at radius 3 is 2.00 bits per heavy atom. The minimum absolute atomic E-state index is 0.201. The first-order valence-electron chi connectivity index (χ1n) is 2.72. The molecular weight excluding hydrogens is 141 g/mol. The van der Waals surface area contributed by atoms with Gasteiger partial charge in [0, 0.05) is 6.08 Å². The predicted octanol–water partition coefficient (Wildman–Crippen LogP) is 2.60. The van der Waals surface area contributed by atoms with E-state index in [-0.39, 0.29) is 11.6 Å². The molecule has 1 rings (SSSR count). The van der Waals surface area contributed by atoms with Crippen molar-refractivity contribution < 1.29 is 13.2 Å². The monoisotopic (exact) mass is 146 g/mol. The van der Waals surface area contributed by atoms with E-state index in [2.05, 4.69) is 0 Å². The van der Waals surface area contributed by atoms with Crippen LogP contribution in [0.5, 0.6) is 0 Å². The quantitative estimate of drug-likeness (QED) is 0.492. The summed E-state index contributed by atoms with van der Waals surface area (Å²) in [6.07, 6.45) is 2.03. The topological polar surface area (TPSA) is 0 Å². The summed E-state index contributed by atoms with van der Waals surface area (Å²) in [4.78, 5) is 0. The molecule has 0 heterocycles. The van der Waals surface area contributed by atoms with Crippen LogP contribution in [0.4, 0.5) is 13.2 Å². The molecule has 0 fully saturated rings. The second-order valence-corrected chi connectivity index (χ2v) is 1.90. The average Bonchev–Trinajstić information content (AvgIpc) is 2.12. The van der Waals surface area contributed by atoms with Crippen molar-refractivity contribution in [2.45, 2.75) is 6.18 Å². The van der Waals surface area contributed by atoms with E-state index in [9.17, 15) is 13.2 Å². The largest absolute Gasteiger partial charge is 0.410 e. The number of halogens is 3. The van der Waals surface area contributed by atoms with Gasteiger partial charge in [0.2, 0.25) is 0 Å². The summed E-state index contributed by atoms with van der Waals surface area (Å²) < 4.78 is 34.7. The lowest BCUT2D eigenvalue weighted by Crippen LogP contribution is -2.01. The molecule has 0 radical (unpaired) electrons. The maximum atomic E-state index is 11.6. The summed E-state index contributed by atoms with van der Waals surface area (Å²) in [7, 11) is 0. The molecule has 1 aliphatic rings. The van der Waals surface area contributed by atoms with Crippen LogP contribution in [0.1, 0.15) is 0 Å². The van der Waals surface area contributed by atoms with Crippen molar-refractivity contribution in [2.75, 3.05) is 0 Å². The zero-order chi connectivity index (χ0) is 7.61. The number of allylic oxidation sites excluding steroid dienone is 6. The highest BCUT2D eigenvalue weighted by atomic mass is 19.4. The minimum atomic E-state index is -4.20. The van der Waals surface area contributed by atoms with E-state index in [0.717, 1.165) is 0 Å². The minimum Gasteiger partial charge on any atom is -0.167 e. The Morgan fingerprint density at radius 1 is 1.10 bits per heavy atom. The third-order valence-electron chi connectivity index (χ3n) is 1.02. The Kier molecular flexibility index (Phi) is 1.66. The normalized spacial score (nSPS) is 16.5. The molecule has 0 N–H and O–H groups in total. The van der Waals surface area contributed by atoms with E-state index in [1.54, 1.807) is 12.2 Å². The van der Waals surface area contributed by atoms with E-state index >= 15 is 0 Å². The summed E-state index contributed by atoms with van der Waals surface area (Å²) >= 11 is 0. The molecule has 0 unspecified atom stereocenters. The molecule has 3 heteroatoms. The SMILES string of the molecule is FC(F)(F)C=C1C=CC=C1. The first-order valence-corrected chi connectivity index (χ1v) is 2.72. The molecule has 0 saturated heterocycles. The molecule has 1 aliphatic carbocycles. The van der Waals surface area contributed by atoms with Crippen molar-refractivity contribution in [2.24, 2.45) is 0 Å². The predicted molar refractivity (Wildman–Crippen MR) is 32.4 cm³/mol. The van der Waals surface area contributed by atoms with Crippen molar-refractivity contribution >= 4 is 0 Å². The third-order valence-corrected chi connectivity index (χ3v) is 1.02. The van der Waals surface area contributed by atoms with E-state index in [0.29, 0.717) is 0 Å². The summed E-state index contributed by atoms with van der Waals surface area (Å²) in [6.45, 7) is 0. The first kappa shape index (κ1) is 7.12. The zero-order valence-electron chi connectivity index (χ0n) is 5.02. The van der Waals surface area contributed by atoms with Gasteiger partial charge in [0.05, 0.1) is 0 Å². The van der Waals surface area contributed by atoms with Gasteiger partial charge in [0.25, 0.3) is 0 Å². The lowest BCUT2D eigenvalue weighted by atomic mass is 10.3. The molecule has 0 saturated carbocycles. The maximum absolute atomic E-state index is 11.6. The Balaban J connectivity index is 2.73. The molecular formula is C7H5F3. The van der Waals surface area contributed by atoms with E-state index in [1.807, 2.05) is 0 Å². The molecule has 0 aromatic carbocycles. The highest BCUT2D eigenvalue weighted by Crippen LogP contribution is 2.20. The van der Waals surface area contributed by atoms with Gasteiger partial charge in [-0.05, 0) is 5.57 Å². The lowest BCUT2D eigenvalue weighted by molar-refractivity contribution is -0.0801. The summed E-state index contributed by atoms with van der Waals surface area (Å²) in [5.74, 6) is 0. The highest BCUT2D eigenvalue weighted by molar-refractivity contribution is 5.40. The number of hydrogen-bond donors (Lipinski definition) is 0. The van der Waals surface area contributed by atoms with Crippen LogP contribution in [0, 0.1) is 0 Å². The fraction of sp³-hybridized carbons (Fsp3) is 0.143. The summed E-state index contributed by atoms with van der Waals surface area (Å²) in [5, 5.41) is 0. The van der Waals surface area contributed by atoms with Crippen molar-refractivity contribution in [3.63, 3.8) is 0 Å². The smallest absolute Gasteiger partial charge is 0.167 e. The zero-order valence-corrected chi connectivity index (χ0v) is 5.02. The highest BCUT2D eigenvalue weighted by Gasteiger charge is 2.23. The molecule has 0 aromatic heterocycles.